The molecule has 0 atom stereocenters. The third kappa shape index (κ3) is 3.51. The maximum absolute atomic E-state index is 12.5. The number of benzene rings is 1. The Hall–Kier alpha value is -0.540. The van der Waals surface area contributed by atoms with Gasteiger partial charge in [0.25, 0.3) is 5.91 Å². The van der Waals surface area contributed by atoms with E-state index in [1.165, 1.54) is 12.8 Å². The molecule has 0 N–H and O–H groups in total. The van der Waals surface area contributed by atoms with Crippen LogP contribution in [0.2, 0.25) is 5.02 Å². The van der Waals surface area contributed by atoms with E-state index in [1.807, 2.05) is 18.0 Å². The van der Waals surface area contributed by atoms with E-state index in [2.05, 4.69) is 22.9 Å². The van der Waals surface area contributed by atoms with Gasteiger partial charge in [0.05, 0.1) is 10.6 Å². The van der Waals surface area contributed by atoms with Crippen LogP contribution in [0.4, 0.5) is 0 Å². The van der Waals surface area contributed by atoms with Gasteiger partial charge in [0.2, 0.25) is 0 Å². The maximum Gasteiger partial charge on any atom is 0.255 e. The summed E-state index contributed by atoms with van der Waals surface area (Å²) in [5.41, 5.74) is 0.581. The molecule has 0 heterocycles. The fourth-order valence-electron chi connectivity index (χ4n) is 2.65. The Morgan fingerprint density at radius 1 is 1.32 bits per heavy atom. The Balaban J connectivity index is 2.12. The molecule has 0 radical (unpaired) electrons. The summed E-state index contributed by atoms with van der Waals surface area (Å²) in [7, 11) is 1.89. The van der Waals surface area contributed by atoms with Gasteiger partial charge in [-0.25, -0.2) is 0 Å². The zero-order valence-corrected chi connectivity index (χ0v) is 13.7. The highest BCUT2D eigenvalue weighted by atomic mass is 79.9. The molecule has 104 valence electrons. The normalized spacial score (nSPS) is 23.2. The van der Waals surface area contributed by atoms with Crippen LogP contribution in [0.5, 0.6) is 0 Å². The van der Waals surface area contributed by atoms with Crippen LogP contribution in [0.15, 0.2) is 22.7 Å². The highest BCUT2D eigenvalue weighted by Crippen LogP contribution is 2.29. The fourth-order valence-corrected chi connectivity index (χ4v) is 3.21. The summed E-state index contributed by atoms with van der Waals surface area (Å²) >= 11 is 9.52. The van der Waals surface area contributed by atoms with E-state index in [0.717, 1.165) is 23.2 Å². The number of nitrogens with zero attached hydrogens (tertiary/aromatic N) is 1. The summed E-state index contributed by atoms with van der Waals surface area (Å²) in [6.45, 7) is 2.28. The van der Waals surface area contributed by atoms with E-state index in [1.54, 1.807) is 12.1 Å². The Morgan fingerprint density at radius 3 is 2.58 bits per heavy atom. The molecule has 0 aliphatic heterocycles. The van der Waals surface area contributed by atoms with Crippen molar-refractivity contribution >= 4 is 33.4 Å². The second kappa shape index (κ2) is 6.27. The lowest BCUT2D eigenvalue weighted by Crippen LogP contribution is -2.39. The Labute approximate surface area is 128 Å². The van der Waals surface area contributed by atoms with Crippen molar-refractivity contribution in [2.75, 3.05) is 7.05 Å². The third-order valence-electron chi connectivity index (χ3n) is 4.01. The fraction of sp³-hybridized carbons (Fsp3) is 0.533. The number of carbonyl (C=O) groups is 1. The van der Waals surface area contributed by atoms with Gasteiger partial charge in [-0.05, 0) is 49.8 Å². The summed E-state index contributed by atoms with van der Waals surface area (Å²) < 4.78 is 0.880. The van der Waals surface area contributed by atoms with E-state index in [9.17, 15) is 4.79 Å². The molecule has 1 saturated carbocycles. The molecule has 0 bridgehead atoms. The highest BCUT2D eigenvalue weighted by molar-refractivity contribution is 9.10. The first-order valence-electron chi connectivity index (χ1n) is 6.71. The third-order valence-corrected chi connectivity index (χ3v) is 4.84. The zero-order valence-electron chi connectivity index (χ0n) is 11.3. The predicted molar refractivity (Wildman–Crippen MR) is 82.7 cm³/mol. The van der Waals surface area contributed by atoms with E-state index < -0.39 is 0 Å². The van der Waals surface area contributed by atoms with Crippen LogP contribution >= 0.6 is 27.5 Å². The molecule has 1 fully saturated rings. The van der Waals surface area contributed by atoms with Crippen LogP contribution in [0.1, 0.15) is 43.0 Å². The summed E-state index contributed by atoms with van der Waals surface area (Å²) in [6.07, 6.45) is 4.59. The van der Waals surface area contributed by atoms with E-state index in [4.69, 9.17) is 11.6 Å². The molecule has 1 aliphatic rings. The molecule has 2 nitrogen and oxygen atoms in total. The van der Waals surface area contributed by atoms with Gasteiger partial charge in [0.1, 0.15) is 0 Å². The minimum atomic E-state index is 0.0193. The number of carbonyl (C=O) groups excluding carboxylic acids is 1. The standard InChI is InChI=1S/C15H19BrClNO/c1-10-3-6-12(7-4-10)18(2)15(19)13-9-11(16)5-8-14(13)17/h5,8-10,12H,3-4,6-7H2,1-2H3. The first-order valence-corrected chi connectivity index (χ1v) is 7.88. The van der Waals surface area contributed by atoms with Gasteiger partial charge >= 0.3 is 0 Å². The Bertz CT molecular complexity index is 469. The van der Waals surface area contributed by atoms with Crippen LogP contribution in [0, 0.1) is 5.92 Å². The maximum atomic E-state index is 12.5. The molecule has 0 saturated heterocycles. The molecular formula is C15H19BrClNO. The van der Waals surface area contributed by atoms with Gasteiger partial charge < -0.3 is 4.90 Å². The van der Waals surface area contributed by atoms with Gasteiger partial charge in [-0.15, -0.1) is 0 Å². The molecule has 0 unspecified atom stereocenters. The minimum absolute atomic E-state index is 0.0193. The molecule has 1 amide bonds. The number of hydrogen-bond acceptors (Lipinski definition) is 1. The quantitative estimate of drug-likeness (QED) is 0.758. The van der Waals surface area contributed by atoms with Crippen molar-refractivity contribution in [3.8, 4) is 0 Å². The Morgan fingerprint density at radius 2 is 1.95 bits per heavy atom. The van der Waals surface area contributed by atoms with Gasteiger partial charge in [0, 0.05) is 17.6 Å². The van der Waals surface area contributed by atoms with E-state index in [0.29, 0.717) is 16.6 Å². The second-order valence-electron chi connectivity index (χ2n) is 5.45. The number of hydrogen-bond donors (Lipinski definition) is 0. The van der Waals surface area contributed by atoms with Crippen molar-refractivity contribution in [3.05, 3.63) is 33.3 Å². The smallest absolute Gasteiger partial charge is 0.255 e. The topological polar surface area (TPSA) is 20.3 Å². The lowest BCUT2D eigenvalue weighted by Gasteiger charge is -2.33. The average Bonchev–Trinajstić information content (AvgIpc) is 2.41. The average molecular weight is 345 g/mol. The Kier molecular flexibility index (Phi) is 4.91. The first-order chi connectivity index (χ1) is 8.99. The molecule has 19 heavy (non-hydrogen) atoms. The van der Waals surface area contributed by atoms with Crippen LogP contribution in [-0.4, -0.2) is 23.9 Å². The monoisotopic (exact) mass is 343 g/mol. The lowest BCUT2D eigenvalue weighted by atomic mass is 9.86. The molecule has 1 aromatic rings. The van der Waals surface area contributed by atoms with Crippen molar-refractivity contribution in [1.82, 2.24) is 4.90 Å². The predicted octanol–water partition coefficient (Wildman–Crippen LogP) is 4.75. The molecule has 1 aliphatic carbocycles. The largest absolute Gasteiger partial charge is 0.339 e. The van der Waals surface area contributed by atoms with Crippen LogP contribution < -0.4 is 0 Å². The summed E-state index contributed by atoms with van der Waals surface area (Å²) in [5, 5.41) is 0.518. The molecule has 1 aromatic carbocycles. The zero-order chi connectivity index (χ0) is 14.0. The van der Waals surface area contributed by atoms with Crippen LogP contribution in [0.3, 0.4) is 0 Å². The van der Waals surface area contributed by atoms with Crippen molar-refractivity contribution < 1.29 is 4.79 Å². The summed E-state index contributed by atoms with van der Waals surface area (Å²) in [6, 6.07) is 5.75. The first kappa shape index (κ1) is 14.9. The molecular weight excluding hydrogens is 326 g/mol. The molecule has 2 rings (SSSR count). The summed E-state index contributed by atoms with van der Waals surface area (Å²) in [5.74, 6) is 0.806. The van der Waals surface area contributed by atoms with Crippen molar-refractivity contribution in [1.29, 1.82) is 0 Å². The van der Waals surface area contributed by atoms with E-state index >= 15 is 0 Å². The molecule has 0 aromatic heterocycles. The van der Waals surface area contributed by atoms with Crippen molar-refractivity contribution in [2.24, 2.45) is 5.92 Å². The molecule has 4 heteroatoms. The lowest BCUT2D eigenvalue weighted by molar-refractivity contribution is 0.0679. The van der Waals surface area contributed by atoms with Gasteiger partial charge in [0.15, 0.2) is 0 Å². The molecule has 0 spiro atoms. The minimum Gasteiger partial charge on any atom is -0.339 e. The number of rotatable bonds is 2. The van der Waals surface area contributed by atoms with Gasteiger partial charge in [-0.2, -0.15) is 0 Å². The summed E-state index contributed by atoms with van der Waals surface area (Å²) in [4.78, 5) is 14.4. The van der Waals surface area contributed by atoms with Crippen molar-refractivity contribution in [3.63, 3.8) is 0 Å². The SMILES string of the molecule is CC1CCC(N(C)C(=O)c2cc(Br)ccc2Cl)CC1. The van der Waals surface area contributed by atoms with Gasteiger partial charge in [-0.3, -0.25) is 4.79 Å². The number of halogens is 2. The number of amides is 1. The highest BCUT2D eigenvalue weighted by Gasteiger charge is 2.26. The van der Waals surface area contributed by atoms with Crippen LogP contribution in [-0.2, 0) is 0 Å². The van der Waals surface area contributed by atoms with Crippen LogP contribution in [0.25, 0.3) is 0 Å². The van der Waals surface area contributed by atoms with E-state index in [-0.39, 0.29) is 5.91 Å². The second-order valence-corrected chi connectivity index (χ2v) is 6.78. The van der Waals surface area contributed by atoms with Gasteiger partial charge in [-0.1, -0.05) is 34.5 Å². The van der Waals surface area contributed by atoms with Crippen molar-refractivity contribution in [2.45, 2.75) is 38.6 Å².